The minimum Gasteiger partial charge on any atom is -0.380 e. The molecule has 0 spiro atoms. The predicted octanol–water partition coefficient (Wildman–Crippen LogP) is 4.55. The zero-order valence-corrected chi connectivity index (χ0v) is 11.6. The maximum absolute atomic E-state index is 3.83. The van der Waals surface area contributed by atoms with Gasteiger partial charge in [-0.05, 0) is 45.9 Å². The van der Waals surface area contributed by atoms with Crippen LogP contribution >= 0.6 is 22.6 Å². The van der Waals surface area contributed by atoms with Crippen molar-refractivity contribution in [1.29, 1.82) is 0 Å². The van der Waals surface area contributed by atoms with E-state index in [0.29, 0.717) is 0 Å². The van der Waals surface area contributed by atoms with Gasteiger partial charge in [0.1, 0.15) is 0 Å². The van der Waals surface area contributed by atoms with Crippen molar-refractivity contribution < 1.29 is 0 Å². The lowest BCUT2D eigenvalue weighted by atomic mass is 10.1. The fourth-order valence-electron chi connectivity index (χ4n) is 1.69. The highest BCUT2D eigenvalue weighted by atomic mass is 127. The molecule has 0 amide bonds. The second-order valence-electron chi connectivity index (χ2n) is 3.74. The molecule has 0 unspecified atom stereocenters. The first-order valence-electron chi connectivity index (χ1n) is 5.50. The zero-order valence-electron chi connectivity index (χ0n) is 9.49. The number of benzene rings is 2. The van der Waals surface area contributed by atoms with Crippen LogP contribution in [0.5, 0.6) is 0 Å². The van der Waals surface area contributed by atoms with Gasteiger partial charge in [-0.25, -0.2) is 0 Å². The van der Waals surface area contributed by atoms with Crippen LogP contribution in [0.25, 0.3) is 6.08 Å². The lowest BCUT2D eigenvalue weighted by Gasteiger charge is -2.10. The van der Waals surface area contributed by atoms with E-state index in [2.05, 4.69) is 64.8 Å². The molecule has 0 aliphatic heterocycles. The van der Waals surface area contributed by atoms with Gasteiger partial charge in [-0.3, -0.25) is 0 Å². The molecule has 0 aromatic heterocycles. The van der Waals surface area contributed by atoms with Crippen LogP contribution in [0, 0.1) is 3.57 Å². The van der Waals surface area contributed by atoms with Gasteiger partial charge in [0.15, 0.2) is 0 Å². The Balaban J connectivity index is 2.13. The van der Waals surface area contributed by atoms with E-state index in [1.54, 1.807) is 0 Å². The molecule has 0 saturated carbocycles. The van der Waals surface area contributed by atoms with Gasteiger partial charge in [-0.2, -0.15) is 0 Å². The van der Waals surface area contributed by atoms with Crippen LogP contribution in [0.1, 0.15) is 11.1 Å². The van der Waals surface area contributed by atoms with E-state index in [0.717, 1.165) is 6.54 Å². The number of nitrogens with one attached hydrogen (secondary N) is 1. The monoisotopic (exact) mass is 335 g/mol. The Morgan fingerprint density at radius 2 is 1.76 bits per heavy atom. The number of para-hydroxylation sites is 1. The Bertz CT molecular complexity index is 520. The van der Waals surface area contributed by atoms with E-state index < -0.39 is 0 Å². The van der Waals surface area contributed by atoms with Crippen LogP contribution in [-0.4, -0.2) is 0 Å². The van der Waals surface area contributed by atoms with Crippen molar-refractivity contribution in [2.24, 2.45) is 0 Å². The molecular weight excluding hydrogens is 321 g/mol. The summed E-state index contributed by atoms with van der Waals surface area (Å²) in [6, 6.07) is 16.6. The van der Waals surface area contributed by atoms with Gasteiger partial charge >= 0.3 is 0 Å². The highest BCUT2D eigenvalue weighted by molar-refractivity contribution is 14.1. The highest BCUT2D eigenvalue weighted by Crippen LogP contribution is 2.19. The van der Waals surface area contributed by atoms with Crippen molar-refractivity contribution in [3.05, 3.63) is 69.8 Å². The molecule has 2 aromatic rings. The van der Waals surface area contributed by atoms with Gasteiger partial charge in [0.05, 0.1) is 0 Å². The van der Waals surface area contributed by atoms with Crippen LogP contribution in [-0.2, 0) is 6.54 Å². The Hall–Kier alpha value is -1.29. The molecular formula is C15H14IN. The SMILES string of the molecule is C=Cc1ccccc1CNc1ccccc1I. The minimum atomic E-state index is 0.822. The third-order valence-electron chi connectivity index (χ3n) is 2.62. The quantitative estimate of drug-likeness (QED) is 0.809. The molecule has 86 valence electrons. The standard InChI is InChI=1S/C15H14IN/c1-2-12-7-3-4-8-13(12)11-17-15-10-6-5-9-14(15)16/h2-10,17H,1,11H2. The maximum atomic E-state index is 3.83. The largest absolute Gasteiger partial charge is 0.380 e. The Morgan fingerprint density at radius 1 is 1.06 bits per heavy atom. The van der Waals surface area contributed by atoms with Crippen molar-refractivity contribution in [3.8, 4) is 0 Å². The Kier molecular flexibility index (Phi) is 4.20. The average Bonchev–Trinajstić information content (AvgIpc) is 2.38. The Morgan fingerprint density at radius 3 is 2.53 bits per heavy atom. The summed E-state index contributed by atoms with van der Waals surface area (Å²) in [5.74, 6) is 0. The van der Waals surface area contributed by atoms with Crippen LogP contribution < -0.4 is 5.32 Å². The number of hydrogen-bond acceptors (Lipinski definition) is 1. The van der Waals surface area contributed by atoms with Gasteiger partial charge in [-0.15, -0.1) is 0 Å². The van der Waals surface area contributed by atoms with Gasteiger partial charge in [0.25, 0.3) is 0 Å². The summed E-state index contributed by atoms with van der Waals surface area (Å²) in [4.78, 5) is 0. The van der Waals surface area contributed by atoms with Crippen molar-refractivity contribution in [2.45, 2.75) is 6.54 Å². The number of hydrogen-bond donors (Lipinski definition) is 1. The summed E-state index contributed by atoms with van der Waals surface area (Å²) in [5.41, 5.74) is 3.63. The van der Waals surface area contributed by atoms with Gasteiger partial charge in [0, 0.05) is 15.8 Å². The maximum Gasteiger partial charge on any atom is 0.0478 e. The van der Waals surface area contributed by atoms with E-state index in [-0.39, 0.29) is 0 Å². The summed E-state index contributed by atoms with van der Waals surface area (Å²) in [6.07, 6.45) is 1.90. The van der Waals surface area contributed by atoms with Crippen molar-refractivity contribution in [2.75, 3.05) is 5.32 Å². The summed E-state index contributed by atoms with van der Waals surface area (Å²) >= 11 is 2.34. The lowest BCUT2D eigenvalue weighted by molar-refractivity contribution is 1.14. The van der Waals surface area contributed by atoms with Crippen LogP contribution in [0.4, 0.5) is 5.69 Å². The van der Waals surface area contributed by atoms with Gasteiger partial charge < -0.3 is 5.32 Å². The van der Waals surface area contributed by atoms with E-state index in [1.807, 2.05) is 24.3 Å². The average molecular weight is 335 g/mol. The third-order valence-corrected chi connectivity index (χ3v) is 3.56. The molecule has 0 heterocycles. The molecule has 0 aliphatic carbocycles. The number of anilines is 1. The van der Waals surface area contributed by atoms with E-state index in [4.69, 9.17) is 0 Å². The molecule has 2 heteroatoms. The highest BCUT2D eigenvalue weighted by Gasteiger charge is 2.00. The second kappa shape index (κ2) is 5.87. The lowest BCUT2D eigenvalue weighted by Crippen LogP contribution is -2.02. The molecule has 1 nitrogen and oxygen atoms in total. The van der Waals surface area contributed by atoms with Crippen LogP contribution in [0.15, 0.2) is 55.1 Å². The fraction of sp³-hybridized carbons (Fsp3) is 0.0667. The summed E-state index contributed by atoms with van der Waals surface area (Å²) in [5, 5.41) is 3.45. The van der Waals surface area contributed by atoms with E-state index >= 15 is 0 Å². The smallest absolute Gasteiger partial charge is 0.0478 e. The minimum absolute atomic E-state index is 0.822. The van der Waals surface area contributed by atoms with Gasteiger partial charge in [-0.1, -0.05) is 49.1 Å². The third kappa shape index (κ3) is 3.09. The molecule has 0 radical (unpaired) electrons. The molecule has 0 fully saturated rings. The second-order valence-corrected chi connectivity index (χ2v) is 4.90. The molecule has 2 rings (SSSR count). The first-order valence-corrected chi connectivity index (χ1v) is 6.58. The summed E-state index contributed by atoms with van der Waals surface area (Å²) in [7, 11) is 0. The molecule has 0 atom stereocenters. The topological polar surface area (TPSA) is 12.0 Å². The van der Waals surface area contributed by atoms with Gasteiger partial charge in [0.2, 0.25) is 0 Å². The first kappa shape index (κ1) is 12.2. The normalized spacial score (nSPS) is 9.94. The number of rotatable bonds is 4. The summed E-state index contributed by atoms with van der Waals surface area (Å²) in [6.45, 7) is 4.66. The molecule has 1 N–H and O–H groups in total. The first-order chi connectivity index (χ1) is 8.31. The zero-order chi connectivity index (χ0) is 12.1. The fourth-order valence-corrected chi connectivity index (χ4v) is 2.27. The Labute approximate surface area is 116 Å². The predicted molar refractivity (Wildman–Crippen MR) is 83.0 cm³/mol. The molecule has 0 aliphatic rings. The molecule has 0 saturated heterocycles. The van der Waals surface area contributed by atoms with Crippen LogP contribution in [0.2, 0.25) is 0 Å². The van der Waals surface area contributed by atoms with E-state index in [1.165, 1.54) is 20.4 Å². The number of halogens is 1. The summed E-state index contributed by atoms with van der Waals surface area (Å²) < 4.78 is 1.24. The molecule has 2 aromatic carbocycles. The van der Waals surface area contributed by atoms with Crippen molar-refractivity contribution in [1.82, 2.24) is 0 Å². The molecule has 17 heavy (non-hydrogen) atoms. The van der Waals surface area contributed by atoms with Crippen molar-refractivity contribution in [3.63, 3.8) is 0 Å². The van der Waals surface area contributed by atoms with Crippen LogP contribution in [0.3, 0.4) is 0 Å². The van der Waals surface area contributed by atoms with Crippen molar-refractivity contribution >= 4 is 34.4 Å². The molecule has 0 bridgehead atoms. The van der Waals surface area contributed by atoms with E-state index in [9.17, 15) is 0 Å².